The van der Waals surface area contributed by atoms with Crippen LogP contribution in [0.5, 0.6) is 0 Å². The molecular weight excluding hydrogens is 238 g/mol. The van der Waals surface area contributed by atoms with Gasteiger partial charge in [-0.1, -0.05) is 6.07 Å². The van der Waals surface area contributed by atoms with Crippen molar-refractivity contribution in [3.8, 4) is 0 Å². The Balaban J connectivity index is 2.33. The summed E-state index contributed by atoms with van der Waals surface area (Å²) in [5.41, 5.74) is 0. The van der Waals surface area contributed by atoms with Crippen LogP contribution in [0.1, 0.15) is 11.8 Å². The minimum atomic E-state index is -3.85. The molecule has 0 spiro atoms. The van der Waals surface area contributed by atoms with Crippen molar-refractivity contribution in [2.75, 3.05) is 13.2 Å². The predicted octanol–water partition coefficient (Wildman–Crippen LogP) is 2.46. The third-order valence-electron chi connectivity index (χ3n) is 1.72. The molecule has 16 heavy (non-hydrogen) atoms. The maximum Gasteiger partial charge on any atom is 0.456 e. The van der Waals surface area contributed by atoms with E-state index in [1.807, 2.05) is 17.5 Å². The molecule has 0 saturated heterocycles. The number of hydrogen-bond acceptors (Lipinski definition) is 4. The van der Waals surface area contributed by atoms with Gasteiger partial charge in [0, 0.05) is 11.3 Å². The molecule has 0 amide bonds. The van der Waals surface area contributed by atoms with Crippen LogP contribution in [0.25, 0.3) is 0 Å². The molecule has 0 aromatic carbocycles. The van der Waals surface area contributed by atoms with Crippen LogP contribution in [0, 0.1) is 0 Å². The summed E-state index contributed by atoms with van der Waals surface area (Å²) in [4.78, 5) is 11.7. The van der Waals surface area contributed by atoms with Crippen molar-refractivity contribution in [3.63, 3.8) is 0 Å². The first kappa shape index (κ1) is 13.1. The topological polar surface area (TPSA) is 35.5 Å². The summed E-state index contributed by atoms with van der Waals surface area (Å²) in [6.07, 6.45) is -3.50. The van der Waals surface area contributed by atoms with Crippen molar-refractivity contribution in [2.45, 2.75) is 19.5 Å². The molecule has 1 heterocycles. The summed E-state index contributed by atoms with van der Waals surface area (Å²) >= 11 is 1.45. The summed E-state index contributed by atoms with van der Waals surface area (Å²) < 4.78 is 34.3. The highest BCUT2D eigenvalue weighted by molar-refractivity contribution is 7.09. The molecule has 0 saturated carbocycles. The molecule has 0 unspecified atom stereocenters. The quantitative estimate of drug-likeness (QED) is 0.727. The third-order valence-corrected chi connectivity index (χ3v) is 2.66. The van der Waals surface area contributed by atoms with Crippen molar-refractivity contribution in [1.29, 1.82) is 0 Å². The predicted molar refractivity (Wildman–Crippen MR) is 55.6 cm³/mol. The van der Waals surface area contributed by atoms with Gasteiger partial charge in [-0.2, -0.15) is 8.78 Å². The van der Waals surface area contributed by atoms with Crippen molar-refractivity contribution in [1.82, 2.24) is 0 Å². The normalized spacial score (nSPS) is 11.4. The van der Waals surface area contributed by atoms with E-state index in [1.54, 1.807) is 0 Å². The lowest BCUT2D eigenvalue weighted by Gasteiger charge is -2.14. The van der Waals surface area contributed by atoms with Gasteiger partial charge in [0.1, 0.15) is 0 Å². The van der Waals surface area contributed by atoms with Crippen molar-refractivity contribution >= 4 is 17.3 Å². The average Bonchev–Trinajstić information content (AvgIpc) is 2.70. The molecule has 0 N–H and O–H groups in total. The van der Waals surface area contributed by atoms with E-state index in [1.165, 1.54) is 18.3 Å². The minimum absolute atomic E-state index is 0.0945. The Kier molecular flexibility index (Phi) is 4.82. The van der Waals surface area contributed by atoms with E-state index in [4.69, 9.17) is 0 Å². The SMILES string of the molecule is CCOC(=O)C(F)(F)OCCc1cccs1. The highest BCUT2D eigenvalue weighted by atomic mass is 32.1. The number of thiophene rings is 1. The van der Waals surface area contributed by atoms with Gasteiger partial charge >= 0.3 is 12.1 Å². The molecule has 1 rings (SSSR count). The number of esters is 1. The standard InChI is InChI=1S/C10H12F2O3S/c1-2-14-9(13)10(11,12)15-6-5-8-4-3-7-16-8/h3-4,7H,2,5-6H2,1H3. The maximum atomic E-state index is 12.9. The molecule has 0 bridgehead atoms. The Morgan fingerprint density at radius 1 is 1.56 bits per heavy atom. The lowest BCUT2D eigenvalue weighted by Crippen LogP contribution is -2.34. The summed E-state index contributed by atoms with van der Waals surface area (Å²) in [7, 11) is 0. The second-order valence-electron chi connectivity index (χ2n) is 2.92. The minimum Gasteiger partial charge on any atom is -0.460 e. The number of ether oxygens (including phenoxy) is 2. The number of halogens is 2. The number of alkyl halides is 2. The van der Waals surface area contributed by atoms with Crippen LogP contribution in [-0.4, -0.2) is 25.3 Å². The van der Waals surface area contributed by atoms with Gasteiger partial charge in [0.2, 0.25) is 0 Å². The van der Waals surface area contributed by atoms with E-state index < -0.39 is 12.1 Å². The monoisotopic (exact) mass is 250 g/mol. The van der Waals surface area contributed by atoms with Crippen molar-refractivity contribution in [2.24, 2.45) is 0 Å². The molecule has 0 radical (unpaired) electrons. The van der Waals surface area contributed by atoms with Crippen LogP contribution in [0.4, 0.5) is 8.78 Å². The molecule has 0 aliphatic rings. The van der Waals surface area contributed by atoms with E-state index in [0.717, 1.165) is 4.88 Å². The van der Waals surface area contributed by atoms with Crippen LogP contribution in [-0.2, 0) is 20.7 Å². The smallest absolute Gasteiger partial charge is 0.456 e. The van der Waals surface area contributed by atoms with Gasteiger partial charge in [-0.3, -0.25) is 0 Å². The summed E-state index contributed by atoms with van der Waals surface area (Å²) in [5, 5.41) is 1.85. The van der Waals surface area contributed by atoms with E-state index in [-0.39, 0.29) is 13.2 Å². The zero-order valence-electron chi connectivity index (χ0n) is 8.74. The zero-order chi connectivity index (χ0) is 12.0. The van der Waals surface area contributed by atoms with E-state index in [2.05, 4.69) is 9.47 Å². The van der Waals surface area contributed by atoms with Gasteiger partial charge in [-0.25, -0.2) is 4.79 Å². The first-order valence-electron chi connectivity index (χ1n) is 4.77. The average molecular weight is 250 g/mol. The molecular formula is C10H12F2O3S. The first-order valence-corrected chi connectivity index (χ1v) is 5.65. The fraction of sp³-hybridized carbons (Fsp3) is 0.500. The molecule has 0 fully saturated rings. The fourth-order valence-electron chi connectivity index (χ4n) is 1.01. The number of carbonyl (C=O) groups is 1. The second kappa shape index (κ2) is 5.91. The van der Waals surface area contributed by atoms with Crippen molar-refractivity contribution in [3.05, 3.63) is 22.4 Å². The Morgan fingerprint density at radius 3 is 2.88 bits per heavy atom. The van der Waals surface area contributed by atoms with E-state index >= 15 is 0 Å². The molecule has 1 aromatic heterocycles. The third kappa shape index (κ3) is 3.86. The summed E-state index contributed by atoms with van der Waals surface area (Å²) in [5.74, 6) is -1.64. The number of carbonyl (C=O) groups excluding carboxylic acids is 1. The molecule has 0 aliphatic heterocycles. The van der Waals surface area contributed by atoms with Gasteiger partial charge in [-0.05, 0) is 18.4 Å². The van der Waals surface area contributed by atoms with E-state index in [9.17, 15) is 13.6 Å². The van der Waals surface area contributed by atoms with Gasteiger partial charge in [-0.15, -0.1) is 11.3 Å². The van der Waals surface area contributed by atoms with Gasteiger partial charge in [0.25, 0.3) is 0 Å². The Bertz CT molecular complexity index is 325. The lowest BCUT2D eigenvalue weighted by molar-refractivity contribution is -0.249. The highest BCUT2D eigenvalue weighted by Crippen LogP contribution is 2.18. The molecule has 0 aliphatic carbocycles. The largest absolute Gasteiger partial charge is 0.460 e. The highest BCUT2D eigenvalue weighted by Gasteiger charge is 2.42. The lowest BCUT2D eigenvalue weighted by atomic mass is 10.4. The van der Waals surface area contributed by atoms with Crippen molar-refractivity contribution < 1.29 is 23.0 Å². The van der Waals surface area contributed by atoms with Crippen LogP contribution in [0.2, 0.25) is 0 Å². The zero-order valence-corrected chi connectivity index (χ0v) is 9.56. The number of rotatable bonds is 6. The fourth-order valence-corrected chi connectivity index (χ4v) is 1.70. The molecule has 6 heteroatoms. The molecule has 90 valence electrons. The summed E-state index contributed by atoms with van der Waals surface area (Å²) in [6, 6.07) is 3.64. The van der Waals surface area contributed by atoms with Crippen LogP contribution >= 0.6 is 11.3 Å². The summed E-state index contributed by atoms with van der Waals surface area (Å²) in [6.45, 7) is 1.15. The number of hydrogen-bond donors (Lipinski definition) is 0. The van der Waals surface area contributed by atoms with Crippen LogP contribution in [0.15, 0.2) is 17.5 Å². The maximum absolute atomic E-state index is 12.9. The molecule has 1 aromatic rings. The second-order valence-corrected chi connectivity index (χ2v) is 3.95. The first-order chi connectivity index (χ1) is 7.56. The Labute approximate surface area is 96.0 Å². The van der Waals surface area contributed by atoms with Crippen LogP contribution in [0.3, 0.4) is 0 Å². The molecule has 0 atom stereocenters. The Morgan fingerprint density at radius 2 is 2.31 bits per heavy atom. The van der Waals surface area contributed by atoms with Gasteiger partial charge in [0.05, 0.1) is 13.2 Å². The Hall–Kier alpha value is -1.01. The van der Waals surface area contributed by atoms with Gasteiger partial charge < -0.3 is 9.47 Å². The van der Waals surface area contributed by atoms with Crippen LogP contribution < -0.4 is 0 Å². The van der Waals surface area contributed by atoms with Gasteiger partial charge in [0.15, 0.2) is 0 Å². The molecule has 3 nitrogen and oxygen atoms in total. The van der Waals surface area contributed by atoms with E-state index in [0.29, 0.717) is 6.42 Å².